The van der Waals surface area contributed by atoms with Crippen molar-refractivity contribution in [2.24, 2.45) is 11.5 Å². The number of phosphoric ester groups is 1. The molecule has 26 N–H and O–H groups in total. The lowest BCUT2D eigenvalue weighted by atomic mass is 9.95. The van der Waals surface area contributed by atoms with Crippen LogP contribution in [0, 0.1) is 0 Å². The maximum atomic E-state index is 12.2. The second-order valence-corrected chi connectivity index (χ2v) is 22.4. The SMILES string of the molecule is NCCOP(=O)(O)OC[C@H]1O[C@H](OC[C@H]2O[C@H](O[C@@H]3[C@H](O)[C@@H](O[C@H]4[C@H](O)[C@@H](N)[C@@H](O)O[C@@H]4CO)O[C@H](CO[C@H]4O[C@H](CO)[C@@H](O)[C@H](O)[C@@H]4O[C@H]4O[C@H](CO[C@H]5O[C@H](CO)[C@H](O)[C@H](O)[C@H]5O)[C@H](O)[C@H](O)[C@H]4O)[C@H]3O)[C@@H](O)[C@@H](O)[C@@H]2O)[C@@H](O)[C@@H](O)[C@@H]1O. The summed E-state index contributed by atoms with van der Waals surface area (Å²) in [6.45, 7) is -7.20. The van der Waals surface area contributed by atoms with E-state index in [1.807, 2.05) is 0 Å². The van der Waals surface area contributed by atoms with E-state index in [9.17, 15) is 117 Å². The van der Waals surface area contributed by atoms with Crippen molar-refractivity contribution < 1.29 is 187 Å². The van der Waals surface area contributed by atoms with Gasteiger partial charge in [-0.15, -0.1) is 0 Å². The molecule has 0 saturated carbocycles. The average Bonchev–Trinajstić information content (AvgIpc) is 3.68. The molecule has 85 heavy (non-hydrogen) atoms. The van der Waals surface area contributed by atoms with Crippen LogP contribution in [0.1, 0.15) is 0 Å². The predicted octanol–water partition coefficient (Wildman–Crippen LogP) is -16.2. The van der Waals surface area contributed by atoms with Gasteiger partial charge in [-0.2, -0.15) is 0 Å². The van der Waals surface area contributed by atoms with Crippen molar-refractivity contribution in [3.63, 3.8) is 0 Å². The van der Waals surface area contributed by atoms with Gasteiger partial charge in [-0.25, -0.2) is 4.57 Å². The standard InChI is InChI=1S/C44H79N2O38P/c45-1-2-73-85(68,69)74-9-16-22(54)26(58)31(63)40(78-16)71-7-13-20(52)27(59)32(64)41(79-13)83-36-23(55)15(81-43(34(36)66)82-35-12(5-49)75-38(67)17(46)24(35)56)8-72-44-37(29(61)19(51)11(4-48)77-44)84-42-33(65)28(60)21(53)14(80-42)6-70-39-30(62)25(57)18(50)10(3-47)76-39/h10-44,47-67H,1-9,45-46H2,(H,68,69)/t10-,11-,12-,13-,14-,15-,16-,17-,18+,19-,20-,21+,22-,23-,24-,25+,26+,27+,28+,29+,30-,31+,32+,33-,34+,35-,36+,37+,38+,39+,40+,41-,42-,43-,44+/m1/s1. The number of rotatable bonds is 24. The van der Waals surface area contributed by atoms with Crippen LogP contribution in [0.2, 0.25) is 0 Å². The molecule has 7 saturated heterocycles. The predicted molar refractivity (Wildman–Crippen MR) is 257 cm³/mol. The minimum Gasteiger partial charge on any atom is -0.394 e. The summed E-state index contributed by atoms with van der Waals surface area (Å²) in [6.07, 6.45) is -67.6. The van der Waals surface area contributed by atoms with Crippen LogP contribution in [-0.4, -0.2) is 386 Å². The van der Waals surface area contributed by atoms with Gasteiger partial charge in [-0.05, 0) is 0 Å². The van der Waals surface area contributed by atoms with Gasteiger partial charge in [0.1, 0.15) is 165 Å². The van der Waals surface area contributed by atoms with Crippen molar-refractivity contribution in [3.8, 4) is 0 Å². The molecule has 7 aliphatic heterocycles. The van der Waals surface area contributed by atoms with Crippen LogP contribution in [0.5, 0.6) is 0 Å². The van der Waals surface area contributed by atoms with Gasteiger partial charge in [0, 0.05) is 6.54 Å². The van der Waals surface area contributed by atoms with Crippen LogP contribution >= 0.6 is 7.82 Å². The molecule has 7 heterocycles. The van der Waals surface area contributed by atoms with Crippen molar-refractivity contribution in [2.75, 3.05) is 59.4 Å². The van der Waals surface area contributed by atoms with Crippen LogP contribution in [0.4, 0.5) is 0 Å². The molecule has 7 aliphatic rings. The van der Waals surface area contributed by atoms with Crippen LogP contribution in [0.15, 0.2) is 0 Å². The molecule has 0 aromatic carbocycles. The highest BCUT2D eigenvalue weighted by molar-refractivity contribution is 7.47. The van der Waals surface area contributed by atoms with Crippen molar-refractivity contribution in [3.05, 3.63) is 0 Å². The summed E-state index contributed by atoms with van der Waals surface area (Å²) in [4.78, 5) is 9.90. The Kier molecular flexibility index (Phi) is 25.8. The van der Waals surface area contributed by atoms with Crippen LogP contribution < -0.4 is 11.5 Å². The molecule has 1 unspecified atom stereocenters. The Morgan fingerprint density at radius 2 is 0.694 bits per heavy atom. The van der Waals surface area contributed by atoms with E-state index in [4.69, 9.17) is 77.6 Å². The van der Waals surface area contributed by atoms with Crippen molar-refractivity contribution in [2.45, 2.75) is 215 Å². The lowest BCUT2D eigenvalue weighted by molar-refractivity contribution is -0.388. The first-order chi connectivity index (χ1) is 40.1. The molecule has 0 aromatic rings. The molecule has 0 aliphatic carbocycles. The van der Waals surface area contributed by atoms with E-state index in [-0.39, 0.29) is 6.54 Å². The van der Waals surface area contributed by atoms with Crippen molar-refractivity contribution >= 4 is 7.82 Å². The molecule has 7 rings (SSSR count). The Hall–Kier alpha value is -1.33. The van der Waals surface area contributed by atoms with E-state index in [2.05, 4.69) is 4.52 Å². The lowest BCUT2D eigenvalue weighted by Gasteiger charge is -2.49. The number of ether oxygens (including phenoxy) is 13. The molecule has 0 aromatic heterocycles. The highest BCUT2D eigenvalue weighted by atomic mass is 31.2. The number of hydrogen-bond donors (Lipinski definition) is 24. The largest absolute Gasteiger partial charge is 0.472 e. The molecular formula is C44H79N2O38P. The summed E-state index contributed by atoms with van der Waals surface area (Å²) in [5.74, 6) is 0. The number of aliphatic hydroxyl groups is 21. The summed E-state index contributed by atoms with van der Waals surface area (Å²) in [6, 6.07) is -1.63. The molecule has 0 bridgehead atoms. The Balaban J connectivity index is 1.09. The fraction of sp³-hybridized carbons (Fsp3) is 1.00. The summed E-state index contributed by atoms with van der Waals surface area (Å²) in [7, 11) is -4.78. The summed E-state index contributed by atoms with van der Waals surface area (Å²) in [5, 5.41) is 226. The van der Waals surface area contributed by atoms with Crippen LogP contribution in [0.3, 0.4) is 0 Å². The second-order valence-electron chi connectivity index (χ2n) is 21.0. The van der Waals surface area contributed by atoms with Crippen LogP contribution in [0.25, 0.3) is 0 Å². The molecule has 498 valence electrons. The molecule has 41 heteroatoms. The third-order valence-electron chi connectivity index (χ3n) is 15.2. The zero-order chi connectivity index (χ0) is 62.7. The zero-order valence-electron chi connectivity index (χ0n) is 44.5. The van der Waals surface area contributed by atoms with Gasteiger partial charge in [0.15, 0.2) is 44.0 Å². The summed E-state index contributed by atoms with van der Waals surface area (Å²) >= 11 is 0. The average molecular weight is 1280 g/mol. The fourth-order valence-corrected chi connectivity index (χ4v) is 10.8. The normalized spacial score (nSPS) is 50.8. The maximum absolute atomic E-state index is 12.2. The Morgan fingerprint density at radius 1 is 0.341 bits per heavy atom. The van der Waals surface area contributed by atoms with Gasteiger partial charge in [-0.1, -0.05) is 0 Å². The number of aliphatic hydroxyl groups excluding tert-OH is 21. The highest BCUT2D eigenvalue weighted by Gasteiger charge is 2.57. The lowest BCUT2D eigenvalue weighted by Crippen LogP contribution is -2.68. The van der Waals surface area contributed by atoms with E-state index in [0.717, 1.165) is 0 Å². The quantitative estimate of drug-likeness (QED) is 0.0399. The number of nitrogens with two attached hydrogens (primary N) is 2. The van der Waals surface area contributed by atoms with E-state index < -0.39 is 276 Å². The first-order valence-corrected chi connectivity index (χ1v) is 28.1. The smallest absolute Gasteiger partial charge is 0.394 e. The maximum Gasteiger partial charge on any atom is 0.472 e. The molecular weight excluding hydrogens is 1200 g/mol. The highest BCUT2D eigenvalue weighted by Crippen LogP contribution is 2.44. The monoisotopic (exact) mass is 1270 g/mol. The van der Waals surface area contributed by atoms with Crippen molar-refractivity contribution in [1.29, 1.82) is 0 Å². The third-order valence-corrected chi connectivity index (χ3v) is 16.1. The topological polar surface area (TPSA) is 653 Å². The third kappa shape index (κ3) is 16.1. The van der Waals surface area contributed by atoms with E-state index >= 15 is 0 Å². The van der Waals surface area contributed by atoms with Gasteiger partial charge < -0.3 is 185 Å². The number of hydrogen-bond acceptors (Lipinski definition) is 39. The van der Waals surface area contributed by atoms with E-state index in [1.54, 1.807) is 0 Å². The Bertz CT molecular complexity index is 2070. The summed E-state index contributed by atoms with van der Waals surface area (Å²) < 4.78 is 94.9. The minimum atomic E-state index is -4.78. The van der Waals surface area contributed by atoms with Gasteiger partial charge >= 0.3 is 7.82 Å². The first kappa shape index (κ1) is 71.1. The molecule has 36 atom stereocenters. The molecule has 40 nitrogen and oxygen atoms in total. The Morgan fingerprint density at radius 3 is 1.16 bits per heavy atom. The minimum absolute atomic E-state index is 0.182. The molecule has 0 amide bonds. The van der Waals surface area contributed by atoms with Crippen LogP contribution in [-0.2, 0) is 75.2 Å². The van der Waals surface area contributed by atoms with E-state index in [1.165, 1.54) is 0 Å². The number of phosphoric acid groups is 1. The van der Waals surface area contributed by atoms with Gasteiger partial charge in [-0.3, -0.25) is 9.05 Å². The zero-order valence-corrected chi connectivity index (χ0v) is 45.4. The summed E-state index contributed by atoms with van der Waals surface area (Å²) in [5.41, 5.74) is 11.2. The van der Waals surface area contributed by atoms with Crippen molar-refractivity contribution in [1.82, 2.24) is 0 Å². The Labute approximate surface area is 480 Å². The molecule has 0 spiro atoms. The first-order valence-electron chi connectivity index (χ1n) is 26.6. The van der Waals surface area contributed by atoms with Gasteiger partial charge in [0.2, 0.25) is 0 Å². The van der Waals surface area contributed by atoms with Gasteiger partial charge in [0.05, 0.1) is 58.9 Å². The molecule has 0 radical (unpaired) electrons. The van der Waals surface area contributed by atoms with E-state index in [0.29, 0.717) is 0 Å². The fourth-order valence-electron chi connectivity index (χ4n) is 10.1. The second kappa shape index (κ2) is 30.9. The van der Waals surface area contributed by atoms with Gasteiger partial charge in [0.25, 0.3) is 0 Å². The molecule has 7 fully saturated rings.